The summed E-state index contributed by atoms with van der Waals surface area (Å²) in [5.41, 5.74) is 3.46. The van der Waals surface area contributed by atoms with Crippen LogP contribution in [0.1, 0.15) is 18.2 Å². The predicted molar refractivity (Wildman–Crippen MR) is 119 cm³/mol. The minimum Gasteiger partial charge on any atom is -0.368 e. The lowest BCUT2D eigenvalue weighted by atomic mass is 10.1. The normalized spacial score (nSPS) is 14.2. The van der Waals surface area contributed by atoms with Crippen LogP contribution in [0.5, 0.6) is 0 Å². The Morgan fingerprint density at radius 3 is 2.28 bits per heavy atom. The summed E-state index contributed by atoms with van der Waals surface area (Å²) >= 11 is 1.81. The van der Waals surface area contributed by atoms with Crippen molar-refractivity contribution in [3.05, 3.63) is 69.6 Å². The van der Waals surface area contributed by atoms with Crippen LogP contribution >= 0.6 is 11.3 Å². The maximum absolute atomic E-state index is 10.8. The second-order valence-electron chi connectivity index (χ2n) is 7.13. The number of rotatable bonds is 6. The van der Waals surface area contributed by atoms with Crippen LogP contribution in [-0.4, -0.2) is 36.1 Å². The Kier molecular flexibility index (Phi) is 5.76. The first kappa shape index (κ1) is 19.4. The van der Waals surface area contributed by atoms with Crippen molar-refractivity contribution in [2.24, 2.45) is 0 Å². The number of non-ortho nitro benzene ring substituents is 1. The van der Waals surface area contributed by atoms with E-state index in [0.29, 0.717) is 0 Å². The third kappa shape index (κ3) is 4.24. The minimum absolute atomic E-state index is 0.132. The van der Waals surface area contributed by atoms with Crippen molar-refractivity contribution in [2.75, 3.05) is 36.0 Å². The molecule has 3 aromatic rings. The van der Waals surface area contributed by atoms with Crippen LogP contribution in [-0.2, 0) is 6.42 Å². The van der Waals surface area contributed by atoms with Gasteiger partial charge >= 0.3 is 0 Å². The zero-order valence-electron chi connectivity index (χ0n) is 16.5. The Morgan fingerprint density at radius 1 is 1.00 bits per heavy atom. The van der Waals surface area contributed by atoms with Crippen molar-refractivity contribution in [1.29, 1.82) is 0 Å². The molecular formula is C22H24N4O2S. The highest BCUT2D eigenvalue weighted by molar-refractivity contribution is 7.16. The number of hydrogen-bond acceptors (Lipinski definition) is 6. The minimum atomic E-state index is -0.359. The summed E-state index contributed by atoms with van der Waals surface area (Å²) in [6, 6.07) is 17.2. The van der Waals surface area contributed by atoms with E-state index in [9.17, 15) is 10.1 Å². The number of thiazole rings is 1. The molecule has 4 rings (SSSR count). The van der Waals surface area contributed by atoms with E-state index in [1.807, 2.05) is 29.5 Å². The Bertz CT molecular complexity index is 964. The molecule has 0 amide bonds. The number of hydrogen-bond donors (Lipinski definition) is 0. The summed E-state index contributed by atoms with van der Waals surface area (Å²) in [5.74, 6) is 0. The Balaban J connectivity index is 1.47. The van der Waals surface area contributed by atoms with Gasteiger partial charge in [0.2, 0.25) is 0 Å². The molecule has 2 heterocycles. The monoisotopic (exact) mass is 408 g/mol. The number of aromatic nitrogens is 1. The first-order chi connectivity index (χ1) is 14.2. The summed E-state index contributed by atoms with van der Waals surface area (Å²) in [6.45, 7) is 5.74. The molecule has 1 fully saturated rings. The second-order valence-corrected chi connectivity index (χ2v) is 8.19. The van der Waals surface area contributed by atoms with Gasteiger partial charge < -0.3 is 9.80 Å². The fraction of sp³-hybridized carbons (Fsp3) is 0.318. The highest BCUT2D eigenvalue weighted by Gasteiger charge is 2.22. The van der Waals surface area contributed by atoms with Gasteiger partial charge in [0, 0.05) is 54.4 Å². The smallest absolute Gasteiger partial charge is 0.269 e. The van der Waals surface area contributed by atoms with Gasteiger partial charge in [0.15, 0.2) is 5.13 Å². The standard InChI is InChI=1S/C22H24N4O2S/c1-2-6-20-21(17-7-4-3-5-8-17)23-22(29-20)25-15-13-24(14-16-25)18-9-11-19(12-10-18)26(27)28/h3-5,7-12H,2,6,13-16H2,1H3. The van der Waals surface area contributed by atoms with Crippen LogP contribution in [0.4, 0.5) is 16.5 Å². The third-order valence-corrected chi connectivity index (χ3v) is 6.36. The van der Waals surface area contributed by atoms with E-state index in [1.54, 1.807) is 12.1 Å². The molecule has 7 heteroatoms. The van der Waals surface area contributed by atoms with Gasteiger partial charge in [0.05, 0.1) is 10.6 Å². The first-order valence-corrected chi connectivity index (χ1v) is 10.8. The molecule has 0 aliphatic carbocycles. The number of nitro groups is 1. The van der Waals surface area contributed by atoms with E-state index in [4.69, 9.17) is 4.98 Å². The number of nitro benzene ring substituents is 1. The SMILES string of the molecule is CCCc1sc(N2CCN(c3ccc([N+](=O)[O-])cc3)CC2)nc1-c1ccccc1. The van der Waals surface area contributed by atoms with Crippen molar-refractivity contribution in [3.8, 4) is 11.3 Å². The van der Waals surface area contributed by atoms with Crippen molar-refractivity contribution in [3.63, 3.8) is 0 Å². The number of piperazine rings is 1. The summed E-state index contributed by atoms with van der Waals surface area (Å²) in [7, 11) is 0. The van der Waals surface area contributed by atoms with Gasteiger partial charge in [0.1, 0.15) is 0 Å². The van der Waals surface area contributed by atoms with Crippen LogP contribution < -0.4 is 9.80 Å². The molecular weight excluding hydrogens is 384 g/mol. The number of aryl methyl sites for hydroxylation is 1. The fourth-order valence-corrected chi connectivity index (χ4v) is 4.87. The number of benzene rings is 2. The van der Waals surface area contributed by atoms with Crippen molar-refractivity contribution < 1.29 is 4.92 Å². The summed E-state index contributed by atoms with van der Waals surface area (Å²) in [4.78, 5) is 21.5. The number of anilines is 2. The van der Waals surface area contributed by atoms with Crippen molar-refractivity contribution in [2.45, 2.75) is 19.8 Å². The molecule has 1 aliphatic rings. The zero-order valence-corrected chi connectivity index (χ0v) is 17.3. The van der Waals surface area contributed by atoms with Gasteiger partial charge in [-0.2, -0.15) is 0 Å². The number of nitrogens with zero attached hydrogens (tertiary/aromatic N) is 4. The van der Waals surface area contributed by atoms with Crippen LogP contribution in [0.3, 0.4) is 0 Å². The predicted octanol–water partition coefficient (Wildman–Crippen LogP) is 5.00. The molecule has 0 N–H and O–H groups in total. The molecule has 29 heavy (non-hydrogen) atoms. The van der Waals surface area contributed by atoms with E-state index in [1.165, 1.54) is 10.4 Å². The first-order valence-electron chi connectivity index (χ1n) is 9.95. The largest absolute Gasteiger partial charge is 0.368 e. The molecule has 1 aliphatic heterocycles. The highest BCUT2D eigenvalue weighted by atomic mass is 32.1. The topological polar surface area (TPSA) is 62.5 Å². The van der Waals surface area contributed by atoms with Gasteiger partial charge in [-0.05, 0) is 18.6 Å². The van der Waals surface area contributed by atoms with Gasteiger partial charge in [-0.15, -0.1) is 11.3 Å². The maximum atomic E-state index is 10.8. The molecule has 6 nitrogen and oxygen atoms in total. The molecule has 0 radical (unpaired) electrons. The average molecular weight is 409 g/mol. The molecule has 1 aromatic heterocycles. The van der Waals surface area contributed by atoms with Crippen LogP contribution in [0.25, 0.3) is 11.3 Å². The average Bonchev–Trinajstić information content (AvgIpc) is 3.19. The molecule has 2 aromatic carbocycles. The summed E-state index contributed by atoms with van der Waals surface area (Å²) in [5, 5.41) is 11.9. The van der Waals surface area contributed by atoms with Crippen LogP contribution in [0.2, 0.25) is 0 Å². The molecule has 0 spiro atoms. The van der Waals surface area contributed by atoms with Crippen molar-refractivity contribution in [1.82, 2.24) is 4.98 Å². The van der Waals surface area contributed by atoms with E-state index >= 15 is 0 Å². The molecule has 0 saturated carbocycles. The van der Waals surface area contributed by atoms with Gasteiger partial charge in [-0.25, -0.2) is 4.98 Å². The zero-order chi connectivity index (χ0) is 20.2. The van der Waals surface area contributed by atoms with E-state index in [2.05, 4.69) is 41.0 Å². The Morgan fingerprint density at radius 2 is 1.66 bits per heavy atom. The van der Waals surface area contributed by atoms with Crippen LogP contribution in [0.15, 0.2) is 54.6 Å². The molecule has 0 unspecified atom stereocenters. The van der Waals surface area contributed by atoms with E-state index in [-0.39, 0.29) is 10.6 Å². The lowest BCUT2D eigenvalue weighted by molar-refractivity contribution is -0.384. The quantitative estimate of drug-likeness (QED) is 0.424. The Labute approximate surface area is 174 Å². The van der Waals surface area contributed by atoms with Crippen LogP contribution in [0, 0.1) is 10.1 Å². The van der Waals surface area contributed by atoms with E-state index in [0.717, 1.165) is 55.5 Å². The fourth-order valence-electron chi connectivity index (χ4n) is 3.63. The summed E-state index contributed by atoms with van der Waals surface area (Å²) < 4.78 is 0. The second kappa shape index (κ2) is 8.61. The molecule has 1 saturated heterocycles. The lowest BCUT2D eigenvalue weighted by Crippen LogP contribution is -2.46. The van der Waals surface area contributed by atoms with Gasteiger partial charge in [-0.1, -0.05) is 43.7 Å². The van der Waals surface area contributed by atoms with Gasteiger partial charge in [-0.3, -0.25) is 10.1 Å². The van der Waals surface area contributed by atoms with Crippen molar-refractivity contribution >= 4 is 27.8 Å². The highest BCUT2D eigenvalue weighted by Crippen LogP contribution is 2.34. The molecule has 0 atom stereocenters. The third-order valence-electron chi connectivity index (χ3n) is 5.19. The summed E-state index contributed by atoms with van der Waals surface area (Å²) in [6.07, 6.45) is 2.15. The molecule has 0 bridgehead atoms. The maximum Gasteiger partial charge on any atom is 0.269 e. The van der Waals surface area contributed by atoms with Gasteiger partial charge in [0.25, 0.3) is 5.69 Å². The Hall–Kier alpha value is -2.93. The van der Waals surface area contributed by atoms with E-state index < -0.39 is 0 Å². The lowest BCUT2D eigenvalue weighted by Gasteiger charge is -2.36. The molecule has 150 valence electrons.